The lowest BCUT2D eigenvalue weighted by molar-refractivity contribution is -0.157. The summed E-state index contributed by atoms with van der Waals surface area (Å²) in [7, 11) is 0. The van der Waals surface area contributed by atoms with E-state index >= 15 is 0 Å². The zero-order valence-corrected chi connectivity index (χ0v) is 13.6. The Balaban J connectivity index is 0.000000321. The summed E-state index contributed by atoms with van der Waals surface area (Å²) in [5, 5.41) is 8.97. The number of amides is 2. The summed E-state index contributed by atoms with van der Waals surface area (Å²) in [6.45, 7) is -0.870. The minimum atomic E-state index is -2.61. The molecular formula is C16H18N2O5S. The number of carbonyl (C=O) groups excluding carboxylic acids is 2. The monoisotopic (exact) mass is 356 g/mol. The summed E-state index contributed by atoms with van der Waals surface area (Å²) >= 11 is 1.53. The second-order valence-corrected chi connectivity index (χ2v) is 6.16. The van der Waals surface area contributed by atoms with Crippen LogP contribution >= 0.6 is 11.8 Å². The molecule has 2 amide bonds. The van der Waals surface area contributed by atoms with E-state index in [1.807, 2.05) is 18.2 Å². The number of carboxylic acids is 1. The number of carboxylic acid groups (broad SMARTS) is 1. The van der Waals surface area contributed by atoms with Crippen molar-refractivity contribution in [3.8, 4) is 5.75 Å². The quantitative estimate of drug-likeness (QED) is 0.788. The molecule has 128 valence electrons. The maximum absolute atomic E-state index is 12.2. The molecule has 0 saturated carbocycles. The maximum atomic E-state index is 12.2. The number of fused-ring (bicyclic) bond motifs is 1. The van der Waals surface area contributed by atoms with Crippen molar-refractivity contribution in [2.75, 3.05) is 5.75 Å². The number of aliphatic carboxylic acids is 1. The predicted octanol–water partition coefficient (Wildman–Crippen LogP) is 1.20. The zero-order valence-electron chi connectivity index (χ0n) is 15.8. The Morgan fingerprint density at radius 3 is 2.58 bits per heavy atom. The molecule has 2 aliphatic rings. The van der Waals surface area contributed by atoms with Gasteiger partial charge < -0.3 is 15.6 Å². The van der Waals surface area contributed by atoms with Crippen LogP contribution in [0.3, 0.4) is 0 Å². The number of hydrogen-bond acceptors (Lipinski definition) is 5. The number of nitrogens with two attached hydrogens (primary N) is 1. The first kappa shape index (κ1) is 13.9. The minimum absolute atomic E-state index is 0.103. The fourth-order valence-electron chi connectivity index (χ4n) is 2.36. The maximum Gasteiger partial charge on any atom is 0.352 e. The van der Waals surface area contributed by atoms with Crippen LogP contribution in [0.25, 0.3) is 0 Å². The molecule has 1 saturated heterocycles. The molecule has 24 heavy (non-hydrogen) atoms. The van der Waals surface area contributed by atoms with E-state index in [0.29, 0.717) is 17.1 Å². The van der Waals surface area contributed by atoms with Crippen molar-refractivity contribution in [3.05, 3.63) is 41.6 Å². The van der Waals surface area contributed by atoms with Gasteiger partial charge in [0.05, 0.1) is 0 Å². The smallest absolute Gasteiger partial charge is 0.352 e. The van der Waals surface area contributed by atoms with Crippen molar-refractivity contribution in [2.45, 2.75) is 25.3 Å². The Labute approximate surface area is 147 Å². The number of carbonyl (C=O) groups is 3. The van der Waals surface area contributed by atoms with Crippen molar-refractivity contribution < 1.29 is 28.3 Å². The number of nitrogens with zero attached hydrogens (tertiary/aromatic N) is 1. The Hall–Kier alpha value is -2.48. The topological polar surface area (TPSA) is 110 Å². The standard InChI is InChI=1S/C14H13NO4S.C2H5NO/c1-8-7-20-13-11(19-9-5-3-2-4-6-9)12(16)15(13)10(8)14(17)18;1-2(3)4/h2-6,11,13H,7H2,1H3,(H,17,18);1H3,(H2,3,4)/t11?,13-;/m0./s1/i;1T3. The van der Waals surface area contributed by atoms with E-state index in [4.69, 9.17) is 8.85 Å². The second-order valence-electron chi connectivity index (χ2n) is 5.06. The molecule has 3 N–H and O–H groups in total. The van der Waals surface area contributed by atoms with Gasteiger partial charge in [0.15, 0.2) is 0 Å². The molecule has 0 bridgehead atoms. The van der Waals surface area contributed by atoms with Crippen LogP contribution in [0.15, 0.2) is 41.6 Å². The van der Waals surface area contributed by atoms with Crippen LogP contribution in [0.2, 0.25) is 0 Å². The van der Waals surface area contributed by atoms with Crippen LogP contribution in [0.1, 0.15) is 17.9 Å². The number of para-hydroxylation sites is 1. The average molecular weight is 356 g/mol. The number of thioether (sulfide) groups is 1. The third-order valence-corrected chi connectivity index (χ3v) is 4.72. The third kappa shape index (κ3) is 3.70. The van der Waals surface area contributed by atoms with E-state index in [1.165, 1.54) is 16.7 Å². The number of rotatable bonds is 3. The summed E-state index contributed by atoms with van der Waals surface area (Å²) < 4.78 is 24.4. The predicted molar refractivity (Wildman–Crippen MR) is 89.2 cm³/mol. The average Bonchev–Trinajstić information content (AvgIpc) is 2.59. The molecule has 0 spiro atoms. The van der Waals surface area contributed by atoms with Gasteiger partial charge in [-0.25, -0.2) is 4.79 Å². The molecule has 0 aromatic heterocycles. The molecule has 2 heterocycles. The van der Waals surface area contributed by atoms with Crippen LogP contribution in [0, 0.1) is 0 Å². The minimum Gasteiger partial charge on any atom is -0.477 e. The van der Waals surface area contributed by atoms with Gasteiger partial charge in [0, 0.05) is 16.7 Å². The Kier molecular flexibility index (Phi) is 4.29. The highest BCUT2D eigenvalue weighted by Crippen LogP contribution is 2.41. The first-order valence-electron chi connectivity index (χ1n) is 8.43. The van der Waals surface area contributed by atoms with Gasteiger partial charge in [-0.1, -0.05) is 18.2 Å². The molecule has 2 aliphatic heterocycles. The molecule has 7 nitrogen and oxygen atoms in total. The highest BCUT2D eigenvalue weighted by molar-refractivity contribution is 8.00. The van der Waals surface area contributed by atoms with E-state index in [1.54, 1.807) is 19.1 Å². The van der Waals surface area contributed by atoms with E-state index in [0.717, 1.165) is 0 Å². The van der Waals surface area contributed by atoms with Crippen LogP contribution in [-0.4, -0.2) is 45.0 Å². The largest absolute Gasteiger partial charge is 0.477 e. The van der Waals surface area contributed by atoms with Gasteiger partial charge in [0.25, 0.3) is 5.91 Å². The van der Waals surface area contributed by atoms with Gasteiger partial charge in [0.2, 0.25) is 12.0 Å². The van der Waals surface area contributed by atoms with Crippen molar-refractivity contribution in [2.24, 2.45) is 5.73 Å². The molecule has 1 unspecified atom stereocenters. The first-order valence-corrected chi connectivity index (χ1v) is 7.98. The molecule has 2 atom stereocenters. The zero-order chi connectivity index (χ0) is 20.4. The van der Waals surface area contributed by atoms with Crippen LogP contribution in [-0.2, 0) is 14.4 Å². The van der Waals surface area contributed by atoms with Gasteiger partial charge in [-0.15, -0.1) is 11.8 Å². The summed E-state index contributed by atoms with van der Waals surface area (Å²) in [6, 6.07) is 9.09. The molecule has 0 radical (unpaired) electrons. The van der Waals surface area contributed by atoms with E-state index in [9.17, 15) is 19.5 Å². The van der Waals surface area contributed by atoms with Crippen LogP contribution in [0.4, 0.5) is 0 Å². The number of primary amides is 1. The lowest BCUT2D eigenvalue weighted by Gasteiger charge is -2.48. The molecule has 3 rings (SSSR count). The van der Waals surface area contributed by atoms with Crippen molar-refractivity contribution in [1.29, 1.82) is 0 Å². The molecule has 8 heteroatoms. The number of hydrogen-bond donors (Lipinski definition) is 2. The second kappa shape index (κ2) is 7.39. The van der Waals surface area contributed by atoms with Crippen molar-refractivity contribution in [1.82, 2.24) is 4.90 Å². The van der Waals surface area contributed by atoms with E-state index < -0.39 is 24.8 Å². The highest BCUT2D eigenvalue weighted by atomic mass is 32.2. The van der Waals surface area contributed by atoms with Gasteiger partial charge in [-0.05, 0) is 24.6 Å². The lowest BCUT2D eigenvalue weighted by Crippen LogP contribution is -2.66. The summed E-state index contributed by atoms with van der Waals surface area (Å²) in [4.78, 5) is 34.4. The normalized spacial score (nSPS) is 24.3. The first-order chi connectivity index (χ1) is 12.5. The number of benzene rings is 1. The number of β-lactam (4-membered cyclic amide) rings is 1. The molecular weight excluding hydrogens is 332 g/mol. The van der Waals surface area contributed by atoms with Gasteiger partial charge in [-0.3, -0.25) is 14.5 Å². The van der Waals surface area contributed by atoms with Crippen LogP contribution in [0.5, 0.6) is 5.75 Å². The summed E-state index contributed by atoms with van der Waals surface area (Å²) in [6.07, 6.45) is -0.607. The highest BCUT2D eigenvalue weighted by Gasteiger charge is 2.54. The fourth-order valence-corrected chi connectivity index (χ4v) is 3.62. The van der Waals surface area contributed by atoms with Crippen LogP contribution < -0.4 is 10.5 Å². The molecule has 0 aliphatic carbocycles. The van der Waals surface area contributed by atoms with Gasteiger partial charge >= 0.3 is 5.97 Å². The third-order valence-electron chi connectivity index (χ3n) is 3.32. The van der Waals surface area contributed by atoms with Crippen molar-refractivity contribution >= 4 is 29.5 Å². The fraction of sp³-hybridized carbons (Fsp3) is 0.312. The Bertz CT molecular complexity index is 782. The summed E-state index contributed by atoms with van der Waals surface area (Å²) in [5.74, 6) is -1.38. The molecule has 1 aromatic carbocycles. The SMILES string of the molecule is CC1=C(C(=O)O)N2C(=O)C(Oc3ccccc3)[C@@H]2SC1.[3H]C([3H])([3H])C(N)=O. The van der Waals surface area contributed by atoms with E-state index in [2.05, 4.69) is 5.73 Å². The lowest BCUT2D eigenvalue weighted by atomic mass is 10.1. The van der Waals surface area contributed by atoms with Gasteiger partial charge in [-0.2, -0.15) is 0 Å². The Morgan fingerprint density at radius 1 is 1.42 bits per heavy atom. The number of ether oxygens (including phenoxy) is 1. The molecule has 1 fully saturated rings. The summed E-state index contributed by atoms with van der Waals surface area (Å²) in [5.41, 5.74) is 5.18. The van der Waals surface area contributed by atoms with Gasteiger partial charge in [0.1, 0.15) is 16.8 Å². The molecule has 1 aromatic rings. The van der Waals surface area contributed by atoms with E-state index in [-0.39, 0.29) is 17.0 Å². The Morgan fingerprint density at radius 2 is 2.04 bits per heavy atom. The van der Waals surface area contributed by atoms with Crippen molar-refractivity contribution in [3.63, 3.8) is 0 Å².